The Morgan fingerprint density at radius 2 is 1.43 bits per heavy atom. The van der Waals surface area contributed by atoms with Crippen LogP contribution in [0, 0.1) is 22.7 Å². The van der Waals surface area contributed by atoms with E-state index in [2.05, 4.69) is 16.0 Å². The number of nitrogens with one attached hydrogen (secondary N) is 5. The second-order valence-electron chi connectivity index (χ2n) is 11.1. The summed E-state index contributed by atoms with van der Waals surface area (Å²) in [4.78, 5) is 47.8. The van der Waals surface area contributed by atoms with Crippen LogP contribution in [0.3, 0.4) is 0 Å². The number of carbonyl (C=O) groups is 4. The molecule has 1 aromatic rings. The van der Waals surface area contributed by atoms with Crippen LogP contribution in [0.1, 0.15) is 68.9 Å². The summed E-state index contributed by atoms with van der Waals surface area (Å²) in [5.41, 5.74) is 23.7. The van der Waals surface area contributed by atoms with Gasteiger partial charge in [0.05, 0.1) is 0 Å². The highest BCUT2D eigenvalue weighted by molar-refractivity contribution is 5.95. The van der Waals surface area contributed by atoms with Crippen LogP contribution in [0.25, 0.3) is 0 Å². The maximum Gasteiger partial charge on any atom is 0.490 e. The Bertz CT molecular complexity index is 1180. The number of amidine groups is 1. The van der Waals surface area contributed by atoms with Crippen molar-refractivity contribution in [1.29, 1.82) is 10.8 Å². The van der Waals surface area contributed by atoms with Gasteiger partial charge < -0.3 is 44.0 Å². The Morgan fingerprint density at radius 1 is 0.891 bits per heavy atom. The number of guanidine groups is 1. The topological polar surface area (TPSA) is 276 Å². The number of aliphatic carboxylic acids is 1. The molecule has 0 heterocycles. The summed E-state index contributed by atoms with van der Waals surface area (Å²) < 4.78 is 31.7. The fraction of sp³-hybridized carbons (Fsp3) is 0.586. The zero-order chi connectivity index (χ0) is 34.9. The van der Waals surface area contributed by atoms with E-state index in [1.54, 1.807) is 12.1 Å². The summed E-state index contributed by atoms with van der Waals surface area (Å²) in [6.07, 6.45) is 2.16. The van der Waals surface area contributed by atoms with Crippen LogP contribution in [0.15, 0.2) is 24.3 Å². The van der Waals surface area contributed by atoms with Gasteiger partial charge in [-0.2, -0.15) is 13.2 Å². The number of amides is 3. The molecule has 0 saturated heterocycles. The Kier molecular flexibility index (Phi) is 17.1. The van der Waals surface area contributed by atoms with E-state index in [0.29, 0.717) is 44.3 Å². The number of hydrogen-bond acceptors (Lipinski definition) is 7. The van der Waals surface area contributed by atoms with Gasteiger partial charge in [-0.3, -0.25) is 25.2 Å². The van der Waals surface area contributed by atoms with Crippen LogP contribution in [0.4, 0.5) is 13.2 Å². The maximum atomic E-state index is 13.7. The molecule has 17 heteroatoms. The van der Waals surface area contributed by atoms with Crippen LogP contribution in [-0.4, -0.2) is 71.9 Å². The minimum absolute atomic E-state index is 0.0127. The number of nitrogen functional groups attached to an aromatic ring is 1. The molecular weight excluding hydrogens is 611 g/mol. The minimum Gasteiger partial charge on any atom is -0.475 e. The van der Waals surface area contributed by atoms with Crippen molar-refractivity contribution in [2.45, 2.75) is 82.5 Å². The number of benzene rings is 1. The van der Waals surface area contributed by atoms with E-state index in [0.717, 1.165) is 37.7 Å². The van der Waals surface area contributed by atoms with Gasteiger partial charge in [0, 0.05) is 18.0 Å². The molecule has 1 aliphatic carbocycles. The van der Waals surface area contributed by atoms with Crippen LogP contribution >= 0.6 is 0 Å². The van der Waals surface area contributed by atoms with Crippen molar-refractivity contribution in [3.63, 3.8) is 0 Å². The zero-order valence-electron chi connectivity index (χ0n) is 25.6. The molecule has 14 nitrogen and oxygen atoms in total. The van der Waals surface area contributed by atoms with Gasteiger partial charge >= 0.3 is 12.1 Å². The predicted molar refractivity (Wildman–Crippen MR) is 165 cm³/mol. The average Bonchev–Trinajstić information content (AvgIpc) is 2.99. The number of nitrogens with two attached hydrogens (primary N) is 4. The lowest BCUT2D eigenvalue weighted by molar-refractivity contribution is -0.192. The smallest absolute Gasteiger partial charge is 0.475 e. The van der Waals surface area contributed by atoms with Crippen LogP contribution in [0.2, 0.25) is 0 Å². The Morgan fingerprint density at radius 3 is 1.91 bits per heavy atom. The number of primary amides is 1. The van der Waals surface area contributed by atoms with Gasteiger partial charge in [0.25, 0.3) is 0 Å². The maximum absolute atomic E-state index is 13.7. The molecule has 3 atom stereocenters. The fourth-order valence-electron chi connectivity index (χ4n) is 5.04. The molecule has 0 spiro atoms. The molecule has 1 aromatic carbocycles. The van der Waals surface area contributed by atoms with E-state index in [1.807, 2.05) is 12.1 Å². The lowest BCUT2D eigenvalue weighted by Crippen LogP contribution is -2.54. The largest absolute Gasteiger partial charge is 0.490 e. The van der Waals surface area contributed by atoms with Crippen LogP contribution < -0.4 is 38.9 Å². The van der Waals surface area contributed by atoms with Crippen molar-refractivity contribution < 1.29 is 37.5 Å². The highest BCUT2D eigenvalue weighted by Crippen LogP contribution is 2.32. The molecule has 0 aliphatic heterocycles. The van der Waals surface area contributed by atoms with Gasteiger partial charge in [-0.25, -0.2) is 4.79 Å². The van der Waals surface area contributed by atoms with Gasteiger partial charge in [-0.15, -0.1) is 0 Å². The van der Waals surface area contributed by atoms with E-state index in [4.69, 9.17) is 43.7 Å². The molecule has 1 unspecified atom stereocenters. The number of alkyl halides is 3. The van der Waals surface area contributed by atoms with Crippen molar-refractivity contribution in [3.05, 3.63) is 35.4 Å². The third-order valence-electron chi connectivity index (χ3n) is 7.49. The second kappa shape index (κ2) is 19.9. The summed E-state index contributed by atoms with van der Waals surface area (Å²) in [6, 6.07) is 5.55. The fourth-order valence-corrected chi connectivity index (χ4v) is 5.04. The average molecular weight is 658 g/mol. The predicted octanol–water partition coefficient (Wildman–Crippen LogP) is 0.800. The Labute approximate surface area is 265 Å². The van der Waals surface area contributed by atoms with Crippen molar-refractivity contribution >= 4 is 35.5 Å². The quantitative estimate of drug-likeness (QED) is 0.0683. The van der Waals surface area contributed by atoms with Gasteiger partial charge in [0.2, 0.25) is 17.7 Å². The number of carboxylic acids is 1. The summed E-state index contributed by atoms with van der Waals surface area (Å²) in [7, 11) is 0. The molecular formula is C29H46F3N9O5. The number of halogens is 3. The summed E-state index contributed by atoms with van der Waals surface area (Å²) in [5.74, 6) is -4.44. The lowest BCUT2D eigenvalue weighted by Gasteiger charge is -2.31. The normalized spacial score (nSPS) is 15.2. The first-order valence-electron chi connectivity index (χ1n) is 15.0. The van der Waals surface area contributed by atoms with Crippen molar-refractivity contribution in [1.82, 2.24) is 16.0 Å². The molecule has 0 radical (unpaired) electrons. The summed E-state index contributed by atoms with van der Waals surface area (Å²) in [5, 5.41) is 30.2. The molecule has 14 N–H and O–H groups in total. The molecule has 0 aromatic heterocycles. The van der Waals surface area contributed by atoms with E-state index in [-0.39, 0.29) is 36.0 Å². The van der Waals surface area contributed by atoms with Crippen molar-refractivity contribution in [2.24, 2.45) is 34.8 Å². The Balaban J connectivity index is 0.00000135. The Hall–Kier alpha value is -4.41. The van der Waals surface area contributed by atoms with E-state index in [9.17, 15) is 27.6 Å². The molecule has 1 fully saturated rings. The molecule has 3 amide bonds. The number of carboxylic acid groups (broad SMARTS) is 1. The van der Waals surface area contributed by atoms with Crippen LogP contribution in [-0.2, 0) is 25.6 Å². The first-order chi connectivity index (χ1) is 21.6. The SMILES string of the molecule is N=C(N)NCCCC(NC(=O)[C@H](CCCN)NC(=O)[C@@H](Cc1ccc(C(=N)N)cc1)C1CCCCC1)C(N)=O.O=C(O)C(F)(F)F. The van der Waals surface area contributed by atoms with Gasteiger partial charge in [-0.05, 0) is 63.0 Å². The monoisotopic (exact) mass is 657 g/mol. The van der Waals surface area contributed by atoms with Gasteiger partial charge in [0.15, 0.2) is 5.96 Å². The van der Waals surface area contributed by atoms with E-state index < -0.39 is 36.0 Å². The standard InChI is InChI=1S/C27H45N9O3.C2HF3O2/c28-14-4-8-22(26(39)35-21(24(31)37)9-5-15-34-27(32)33)36-25(38)20(18-6-2-1-3-7-18)16-17-10-12-19(13-11-17)23(29)30;3-2(4,5)1(6)7/h10-13,18,20-22H,1-9,14-16,28H2,(H3,29,30)(H2,31,37)(H,35,39)(H,36,38)(H4,32,33,34);(H,6,7)/t20-,21?,22-;/m0./s1. The minimum atomic E-state index is -5.08. The van der Waals surface area contributed by atoms with Gasteiger partial charge in [-0.1, -0.05) is 43.5 Å². The molecule has 2 rings (SSSR count). The van der Waals surface area contributed by atoms with E-state index in [1.165, 1.54) is 0 Å². The molecule has 258 valence electrons. The molecule has 46 heavy (non-hydrogen) atoms. The number of rotatable bonds is 16. The van der Waals surface area contributed by atoms with Crippen molar-refractivity contribution in [2.75, 3.05) is 13.1 Å². The summed E-state index contributed by atoms with van der Waals surface area (Å²) in [6.45, 7) is 0.711. The van der Waals surface area contributed by atoms with Crippen LogP contribution in [0.5, 0.6) is 0 Å². The molecule has 1 aliphatic rings. The summed E-state index contributed by atoms with van der Waals surface area (Å²) >= 11 is 0. The highest BCUT2D eigenvalue weighted by Gasteiger charge is 2.38. The third-order valence-corrected chi connectivity index (χ3v) is 7.49. The van der Waals surface area contributed by atoms with E-state index >= 15 is 0 Å². The first kappa shape index (κ1) is 39.6. The number of hydrogen-bond donors (Lipinski definition) is 10. The molecule has 1 saturated carbocycles. The third kappa shape index (κ3) is 15.0. The highest BCUT2D eigenvalue weighted by atomic mass is 19.4. The lowest BCUT2D eigenvalue weighted by atomic mass is 9.76. The number of carbonyl (C=O) groups excluding carboxylic acids is 3. The zero-order valence-corrected chi connectivity index (χ0v) is 25.6. The van der Waals surface area contributed by atoms with Crippen molar-refractivity contribution in [3.8, 4) is 0 Å². The molecule has 0 bridgehead atoms. The second-order valence-corrected chi connectivity index (χ2v) is 11.1. The first-order valence-corrected chi connectivity index (χ1v) is 15.0. The van der Waals surface area contributed by atoms with Gasteiger partial charge in [0.1, 0.15) is 17.9 Å².